The predicted molar refractivity (Wildman–Crippen MR) is 171 cm³/mol. The Labute approximate surface area is 259 Å². The molecule has 4 rings (SSSR count). The molecule has 1 N–H and O–H groups in total. The molecular weight excluding hydrogens is 582 g/mol. The number of aryl methyl sites for hydroxylation is 1. The minimum absolute atomic E-state index is 0.0267. The molecule has 2 amide bonds. The van der Waals surface area contributed by atoms with E-state index in [1.165, 1.54) is 17.0 Å². The molecule has 0 heterocycles. The molecule has 0 bridgehead atoms. The number of carbonyl (C=O) groups excluding carboxylic acids is 2. The van der Waals surface area contributed by atoms with Crippen LogP contribution in [0.3, 0.4) is 0 Å². The van der Waals surface area contributed by atoms with Crippen molar-refractivity contribution in [1.82, 2.24) is 10.2 Å². The van der Waals surface area contributed by atoms with Crippen LogP contribution in [0, 0.1) is 6.92 Å². The summed E-state index contributed by atoms with van der Waals surface area (Å²) >= 11 is 6.51. The first kappa shape index (κ1) is 31.8. The van der Waals surface area contributed by atoms with E-state index in [0.717, 1.165) is 21.0 Å². The van der Waals surface area contributed by atoms with E-state index in [9.17, 15) is 18.0 Å². The number of sulfonamides is 1. The smallest absolute Gasteiger partial charge is 0.264 e. The number of nitrogens with zero attached hydrogens (tertiary/aromatic N) is 2. The third kappa shape index (κ3) is 8.24. The van der Waals surface area contributed by atoms with Crippen molar-refractivity contribution in [3.63, 3.8) is 0 Å². The van der Waals surface area contributed by atoms with E-state index < -0.39 is 28.5 Å². The van der Waals surface area contributed by atoms with Crippen molar-refractivity contribution >= 4 is 39.1 Å². The number of hydrogen-bond acceptors (Lipinski definition) is 4. The van der Waals surface area contributed by atoms with Crippen LogP contribution >= 0.6 is 11.6 Å². The molecule has 9 heteroatoms. The summed E-state index contributed by atoms with van der Waals surface area (Å²) in [5.74, 6) is -0.867. The van der Waals surface area contributed by atoms with Gasteiger partial charge in [-0.25, -0.2) is 8.42 Å². The molecule has 0 unspecified atom stereocenters. The Morgan fingerprint density at radius 2 is 1.35 bits per heavy atom. The monoisotopic (exact) mass is 617 g/mol. The lowest BCUT2D eigenvalue weighted by atomic mass is 10.0. The van der Waals surface area contributed by atoms with Crippen molar-refractivity contribution in [2.45, 2.75) is 50.7 Å². The van der Waals surface area contributed by atoms with Crippen LogP contribution in [0.15, 0.2) is 114 Å². The van der Waals surface area contributed by atoms with Crippen LogP contribution < -0.4 is 9.62 Å². The number of hydrogen-bond donors (Lipinski definition) is 1. The summed E-state index contributed by atoms with van der Waals surface area (Å²) in [4.78, 5) is 29.6. The highest BCUT2D eigenvalue weighted by atomic mass is 35.5. The summed E-state index contributed by atoms with van der Waals surface area (Å²) in [6, 6.07) is 30.6. The Balaban J connectivity index is 1.80. The maximum absolute atomic E-state index is 14.4. The summed E-state index contributed by atoms with van der Waals surface area (Å²) in [5.41, 5.74) is 2.74. The molecule has 0 saturated heterocycles. The van der Waals surface area contributed by atoms with Crippen LogP contribution in [0.5, 0.6) is 0 Å². The van der Waals surface area contributed by atoms with Gasteiger partial charge in [-0.1, -0.05) is 102 Å². The number of amides is 2. The fourth-order valence-corrected chi connectivity index (χ4v) is 6.44. The average Bonchev–Trinajstić information content (AvgIpc) is 2.99. The molecule has 0 spiro atoms. The van der Waals surface area contributed by atoms with Gasteiger partial charge in [0.1, 0.15) is 12.6 Å². The van der Waals surface area contributed by atoms with E-state index in [-0.39, 0.29) is 40.5 Å². The van der Waals surface area contributed by atoms with Gasteiger partial charge < -0.3 is 10.2 Å². The molecule has 43 heavy (non-hydrogen) atoms. The summed E-state index contributed by atoms with van der Waals surface area (Å²) in [6.07, 6.45) is 0.245. The first-order chi connectivity index (χ1) is 20.6. The minimum atomic E-state index is -4.22. The van der Waals surface area contributed by atoms with Gasteiger partial charge in [-0.2, -0.15) is 0 Å². The van der Waals surface area contributed by atoms with Gasteiger partial charge in [-0.3, -0.25) is 13.9 Å². The van der Waals surface area contributed by atoms with E-state index >= 15 is 0 Å². The molecule has 4 aromatic rings. The van der Waals surface area contributed by atoms with Crippen LogP contribution in [0.25, 0.3) is 0 Å². The second-order valence-corrected chi connectivity index (χ2v) is 12.9. The quantitative estimate of drug-likeness (QED) is 0.211. The maximum Gasteiger partial charge on any atom is 0.264 e. The third-order valence-corrected chi connectivity index (χ3v) is 9.00. The van der Waals surface area contributed by atoms with Crippen molar-refractivity contribution in [3.8, 4) is 0 Å². The number of carbonyl (C=O) groups is 2. The number of rotatable bonds is 12. The number of halogens is 1. The highest BCUT2D eigenvalue weighted by Crippen LogP contribution is 2.31. The fraction of sp³-hybridized carbons (Fsp3) is 0.235. The van der Waals surface area contributed by atoms with Gasteiger partial charge >= 0.3 is 0 Å². The zero-order chi connectivity index (χ0) is 31.0. The Morgan fingerprint density at radius 1 is 0.791 bits per heavy atom. The van der Waals surface area contributed by atoms with Crippen LogP contribution in [-0.2, 0) is 32.6 Å². The number of benzene rings is 4. The van der Waals surface area contributed by atoms with Crippen molar-refractivity contribution < 1.29 is 18.0 Å². The fourth-order valence-electron chi connectivity index (χ4n) is 4.72. The van der Waals surface area contributed by atoms with Crippen LogP contribution in [-0.4, -0.2) is 43.8 Å². The molecule has 0 fully saturated rings. The highest BCUT2D eigenvalue weighted by molar-refractivity contribution is 7.92. The molecule has 0 aliphatic rings. The zero-order valence-electron chi connectivity index (χ0n) is 24.5. The largest absolute Gasteiger partial charge is 0.352 e. The molecule has 4 aromatic carbocycles. The summed E-state index contributed by atoms with van der Waals surface area (Å²) in [5, 5.41) is 3.13. The lowest BCUT2D eigenvalue weighted by Gasteiger charge is -2.34. The standard InChI is InChI=1S/C34H36ClN3O4S/c1-25(2)36-34(40)32(22-27-12-6-4-7-13-27)37(23-28-14-8-5-9-15-28)33(39)24-38(31-17-11-10-16-30(31)35)43(41,42)29-20-18-26(3)19-21-29/h4-21,25,32H,22-24H2,1-3H3,(H,36,40)/t32-/m0/s1. The molecule has 0 radical (unpaired) electrons. The molecular formula is C34H36ClN3O4S. The minimum Gasteiger partial charge on any atom is -0.352 e. The third-order valence-electron chi connectivity index (χ3n) is 6.91. The Bertz CT molecular complexity index is 1630. The van der Waals surface area contributed by atoms with Crippen molar-refractivity contribution in [2.24, 2.45) is 0 Å². The van der Waals surface area contributed by atoms with Gasteiger partial charge in [0.2, 0.25) is 11.8 Å². The van der Waals surface area contributed by atoms with E-state index in [0.29, 0.717) is 0 Å². The van der Waals surface area contributed by atoms with Gasteiger partial charge in [0.05, 0.1) is 15.6 Å². The molecule has 0 aromatic heterocycles. The Morgan fingerprint density at radius 3 is 1.93 bits per heavy atom. The van der Waals surface area contributed by atoms with E-state index in [1.807, 2.05) is 81.4 Å². The van der Waals surface area contributed by atoms with Crippen molar-refractivity contribution in [1.29, 1.82) is 0 Å². The number of anilines is 1. The van der Waals surface area contributed by atoms with E-state index in [2.05, 4.69) is 5.32 Å². The van der Waals surface area contributed by atoms with Crippen LogP contribution in [0.4, 0.5) is 5.69 Å². The Hall–Kier alpha value is -4.14. The molecule has 0 aliphatic heterocycles. The second kappa shape index (κ2) is 14.4. The van der Waals surface area contributed by atoms with Gasteiger partial charge in [-0.15, -0.1) is 0 Å². The Kier molecular flexibility index (Phi) is 10.6. The molecule has 7 nitrogen and oxygen atoms in total. The molecule has 0 aliphatic carbocycles. The summed E-state index contributed by atoms with van der Waals surface area (Å²) < 4.78 is 29.2. The number of nitrogens with one attached hydrogen (secondary N) is 1. The molecule has 0 saturated carbocycles. The molecule has 1 atom stereocenters. The lowest BCUT2D eigenvalue weighted by molar-refractivity contribution is -0.140. The maximum atomic E-state index is 14.4. The number of para-hydroxylation sites is 1. The lowest BCUT2D eigenvalue weighted by Crippen LogP contribution is -2.54. The van der Waals surface area contributed by atoms with E-state index in [1.54, 1.807) is 36.4 Å². The van der Waals surface area contributed by atoms with Gasteiger partial charge in [0.15, 0.2) is 0 Å². The summed E-state index contributed by atoms with van der Waals surface area (Å²) in [7, 11) is -4.22. The van der Waals surface area contributed by atoms with Crippen LogP contribution in [0.2, 0.25) is 5.02 Å². The first-order valence-corrected chi connectivity index (χ1v) is 15.9. The highest BCUT2D eigenvalue weighted by Gasteiger charge is 2.35. The van der Waals surface area contributed by atoms with Gasteiger partial charge in [0.25, 0.3) is 10.0 Å². The van der Waals surface area contributed by atoms with Gasteiger partial charge in [0, 0.05) is 19.0 Å². The average molecular weight is 618 g/mol. The normalized spacial score (nSPS) is 12.0. The topological polar surface area (TPSA) is 86.8 Å². The zero-order valence-corrected chi connectivity index (χ0v) is 26.1. The molecule has 224 valence electrons. The van der Waals surface area contributed by atoms with Crippen molar-refractivity contribution in [2.75, 3.05) is 10.8 Å². The van der Waals surface area contributed by atoms with Gasteiger partial charge in [-0.05, 0) is 56.2 Å². The predicted octanol–water partition coefficient (Wildman–Crippen LogP) is 6.01. The van der Waals surface area contributed by atoms with Crippen LogP contribution in [0.1, 0.15) is 30.5 Å². The summed E-state index contributed by atoms with van der Waals surface area (Å²) in [6.45, 7) is 5.11. The SMILES string of the molecule is Cc1ccc(S(=O)(=O)N(CC(=O)N(Cc2ccccc2)[C@@H](Cc2ccccc2)C(=O)NC(C)C)c2ccccc2Cl)cc1. The van der Waals surface area contributed by atoms with Crippen molar-refractivity contribution in [3.05, 3.63) is 131 Å². The van der Waals surface area contributed by atoms with E-state index in [4.69, 9.17) is 11.6 Å². The second-order valence-electron chi connectivity index (χ2n) is 10.7. The first-order valence-electron chi connectivity index (χ1n) is 14.1.